The number of rotatable bonds is 7. The zero-order valence-corrected chi connectivity index (χ0v) is 13.5. The van der Waals surface area contributed by atoms with E-state index >= 15 is 0 Å². The summed E-state index contributed by atoms with van der Waals surface area (Å²) < 4.78 is 0. The van der Waals surface area contributed by atoms with Crippen molar-refractivity contribution in [3.8, 4) is 0 Å². The van der Waals surface area contributed by atoms with Crippen LogP contribution in [0.2, 0.25) is 5.02 Å². The Balaban J connectivity index is 2.59. The smallest absolute Gasteiger partial charge is 0.236 e. The second-order valence-electron chi connectivity index (χ2n) is 5.54. The lowest BCUT2D eigenvalue weighted by Crippen LogP contribution is -2.44. The van der Waals surface area contributed by atoms with E-state index in [9.17, 15) is 4.79 Å². The van der Waals surface area contributed by atoms with Gasteiger partial charge in [-0.1, -0.05) is 44.5 Å². The van der Waals surface area contributed by atoms with Crippen LogP contribution in [-0.2, 0) is 4.79 Å². The van der Waals surface area contributed by atoms with Crippen LogP contribution in [0.3, 0.4) is 0 Å². The summed E-state index contributed by atoms with van der Waals surface area (Å²) in [6.07, 6.45) is 0.920. The van der Waals surface area contributed by atoms with Crippen LogP contribution in [0.15, 0.2) is 24.3 Å². The van der Waals surface area contributed by atoms with Gasteiger partial charge in [0.05, 0.1) is 6.04 Å². The molecule has 0 aliphatic carbocycles. The maximum absolute atomic E-state index is 12.0. The molecule has 2 unspecified atom stereocenters. The lowest BCUT2D eigenvalue weighted by Gasteiger charge is -2.22. The van der Waals surface area contributed by atoms with Crippen molar-refractivity contribution < 1.29 is 4.79 Å². The van der Waals surface area contributed by atoms with Gasteiger partial charge in [-0.15, -0.1) is 0 Å². The first-order valence-electron chi connectivity index (χ1n) is 7.23. The molecule has 0 fully saturated rings. The molecule has 1 amide bonds. The van der Waals surface area contributed by atoms with Gasteiger partial charge in [0.15, 0.2) is 0 Å². The lowest BCUT2D eigenvalue weighted by molar-refractivity contribution is -0.123. The number of amides is 1. The first-order valence-corrected chi connectivity index (χ1v) is 7.61. The van der Waals surface area contributed by atoms with Gasteiger partial charge in [0.1, 0.15) is 0 Å². The number of carbonyl (C=O) groups excluding carboxylic acids is 1. The highest BCUT2D eigenvalue weighted by Gasteiger charge is 2.17. The van der Waals surface area contributed by atoms with Gasteiger partial charge in [-0.05, 0) is 37.0 Å². The molecule has 2 atom stereocenters. The zero-order valence-electron chi connectivity index (χ0n) is 12.7. The zero-order chi connectivity index (χ0) is 15.1. The van der Waals surface area contributed by atoms with Gasteiger partial charge in [0.25, 0.3) is 0 Å². The fourth-order valence-electron chi connectivity index (χ4n) is 1.98. The molecule has 0 aliphatic rings. The molecule has 2 N–H and O–H groups in total. The molecule has 20 heavy (non-hydrogen) atoms. The highest BCUT2D eigenvalue weighted by Crippen LogP contribution is 2.19. The molecule has 0 saturated carbocycles. The Bertz CT molecular complexity index is 417. The molecule has 1 aromatic rings. The van der Waals surface area contributed by atoms with E-state index in [1.807, 2.05) is 31.2 Å². The highest BCUT2D eigenvalue weighted by atomic mass is 35.5. The van der Waals surface area contributed by atoms with Crippen molar-refractivity contribution in [2.75, 3.05) is 6.54 Å². The quantitative estimate of drug-likeness (QED) is 0.808. The van der Waals surface area contributed by atoms with Crippen molar-refractivity contribution in [2.45, 2.75) is 46.2 Å². The Hall–Kier alpha value is -1.06. The van der Waals surface area contributed by atoms with Crippen LogP contribution in [0, 0.1) is 5.92 Å². The van der Waals surface area contributed by atoms with Crippen molar-refractivity contribution in [3.05, 3.63) is 34.9 Å². The molecule has 3 nitrogen and oxygen atoms in total. The fraction of sp³-hybridized carbons (Fsp3) is 0.562. The Morgan fingerprint density at radius 1 is 1.20 bits per heavy atom. The van der Waals surface area contributed by atoms with Crippen LogP contribution >= 0.6 is 11.6 Å². The summed E-state index contributed by atoms with van der Waals surface area (Å²) in [5, 5.41) is 7.05. The Morgan fingerprint density at radius 2 is 1.80 bits per heavy atom. The third-order valence-electron chi connectivity index (χ3n) is 3.21. The molecule has 0 heterocycles. The van der Waals surface area contributed by atoms with E-state index in [4.69, 9.17) is 11.6 Å². The molecule has 0 radical (unpaired) electrons. The summed E-state index contributed by atoms with van der Waals surface area (Å²) in [6.45, 7) is 8.88. The monoisotopic (exact) mass is 296 g/mol. The molecule has 0 aliphatic heterocycles. The molecular weight excluding hydrogens is 272 g/mol. The molecule has 0 aromatic heterocycles. The maximum atomic E-state index is 12.0. The summed E-state index contributed by atoms with van der Waals surface area (Å²) in [5.41, 5.74) is 1.15. The van der Waals surface area contributed by atoms with Gasteiger partial charge in [-0.25, -0.2) is 0 Å². The summed E-state index contributed by atoms with van der Waals surface area (Å²) in [5.74, 6) is 0.510. The van der Waals surface area contributed by atoms with E-state index in [2.05, 4.69) is 31.4 Å². The van der Waals surface area contributed by atoms with E-state index in [0.717, 1.165) is 17.0 Å². The number of hydrogen-bond acceptors (Lipinski definition) is 2. The summed E-state index contributed by atoms with van der Waals surface area (Å²) in [7, 11) is 0. The van der Waals surface area contributed by atoms with Gasteiger partial charge in [0, 0.05) is 17.6 Å². The average molecular weight is 297 g/mol. The van der Waals surface area contributed by atoms with Crippen molar-refractivity contribution in [2.24, 2.45) is 5.92 Å². The molecule has 0 saturated heterocycles. The predicted molar refractivity (Wildman–Crippen MR) is 84.9 cm³/mol. The van der Waals surface area contributed by atoms with Crippen molar-refractivity contribution in [1.29, 1.82) is 0 Å². The minimum Gasteiger partial charge on any atom is -0.354 e. The van der Waals surface area contributed by atoms with E-state index in [1.165, 1.54) is 0 Å². The van der Waals surface area contributed by atoms with E-state index < -0.39 is 0 Å². The van der Waals surface area contributed by atoms with Gasteiger partial charge in [-0.2, -0.15) is 0 Å². The number of benzene rings is 1. The minimum atomic E-state index is -0.214. The first kappa shape index (κ1) is 17.0. The van der Waals surface area contributed by atoms with Gasteiger partial charge < -0.3 is 5.32 Å². The van der Waals surface area contributed by atoms with Crippen LogP contribution < -0.4 is 10.6 Å². The Morgan fingerprint density at radius 3 is 2.30 bits per heavy atom. The molecule has 0 spiro atoms. The topological polar surface area (TPSA) is 41.1 Å². The second-order valence-corrected chi connectivity index (χ2v) is 5.98. The SMILES string of the molecule is CCC(NC(C)C(=O)NCC(C)C)c1ccc(Cl)cc1. The third kappa shape index (κ3) is 5.51. The van der Waals surface area contributed by atoms with Crippen LogP contribution in [0.1, 0.15) is 45.7 Å². The first-order chi connectivity index (χ1) is 9.43. The van der Waals surface area contributed by atoms with Crippen LogP contribution in [0.5, 0.6) is 0 Å². The van der Waals surface area contributed by atoms with Crippen LogP contribution in [0.4, 0.5) is 0 Å². The summed E-state index contributed by atoms with van der Waals surface area (Å²) >= 11 is 5.90. The number of carbonyl (C=O) groups is 1. The molecule has 1 aromatic carbocycles. The molecular formula is C16H25ClN2O. The molecule has 1 rings (SSSR count). The normalized spacial score (nSPS) is 14.1. The van der Waals surface area contributed by atoms with E-state index in [1.54, 1.807) is 0 Å². The van der Waals surface area contributed by atoms with E-state index in [-0.39, 0.29) is 18.0 Å². The Labute approximate surface area is 127 Å². The summed E-state index contributed by atoms with van der Waals surface area (Å²) in [6, 6.07) is 7.71. The highest BCUT2D eigenvalue weighted by molar-refractivity contribution is 6.30. The standard InChI is InChI=1S/C16H25ClN2O/c1-5-15(13-6-8-14(17)9-7-13)19-12(4)16(20)18-10-11(2)3/h6-9,11-12,15,19H,5,10H2,1-4H3,(H,18,20). The van der Waals surface area contributed by atoms with Crippen molar-refractivity contribution in [1.82, 2.24) is 10.6 Å². The predicted octanol–water partition coefficient (Wildman–Crippen LogP) is 3.54. The second kappa shape index (κ2) is 8.28. The molecule has 112 valence electrons. The maximum Gasteiger partial charge on any atom is 0.236 e. The molecule has 4 heteroatoms. The largest absolute Gasteiger partial charge is 0.354 e. The lowest BCUT2D eigenvalue weighted by atomic mass is 10.0. The number of hydrogen-bond donors (Lipinski definition) is 2. The van der Waals surface area contributed by atoms with Crippen LogP contribution in [0.25, 0.3) is 0 Å². The van der Waals surface area contributed by atoms with Crippen molar-refractivity contribution in [3.63, 3.8) is 0 Å². The van der Waals surface area contributed by atoms with Gasteiger partial charge >= 0.3 is 0 Å². The number of halogens is 1. The van der Waals surface area contributed by atoms with Crippen LogP contribution in [-0.4, -0.2) is 18.5 Å². The Kier molecular flexibility index (Phi) is 7.03. The minimum absolute atomic E-state index is 0.0473. The van der Waals surface area contributed by atoms with E-state index in [0.29, 0.717) is 12.5 Å². The van der Waals surface area contributed by atoms with Gasteiger partial charge in [0.2, 0.25) is 5.91 Å². The third-order valence-corrected chi connectivity index (χ3v) is 3.46. The van der Waals surface area contributed by atoms with Crippen molar-refractivity contribution >= 4 is 17.5 Å². The molecule has 0 bridgehead atoms. The number of nitrogens with one attached hydrogen (secondary N) is 2. The average Bonchev–Trinajstić information content (AvgIpc) is 2.42. The summed E-state index contributed by atoms with van der Waals surface area (Å²) in [4.78, 5) is 12.0. The fourth-order valence-corrected chi connectivity index (χ4v) is 2.11. The van der Waals surface area contributed by atoms with Gasteiger partial charge in [-0.3, -0.25) is 10.1 Å².